The number of benzene rings is 14. The fourth-order valence-corrected chi connectivity index (χ4v) is 25.9. The molecule has 14 nitrogen and oxygen atoms in total. The van der Waals surface area contributed by atoms with E-state index in [0.29, 0.717) is 34.6 Å². The van der Waals surface area contributed by atoms with Gasteiger partial charge in [0.1, 0.15) is 57.7 Å². The van der Waals surface area contributed by atoms with Crippen LogP contribution in [0.3, 0.4) is 0 Å². The van der Waals surface area contributed by atoms with Gasteiger partial charge < -0.3 is 28.1 Å². The van der Waals surface area contributed by atoms with Gasteiger partial charge in [0.2, 0.25) is 0 Å². The van der Waals surface area contributed by atoms with E-state index in [-0.39, 0.29) is 139 Å². The molecular formula is C124H165IO14S7. The fraction of sp³-hybridized carbons (Fsp3) is 0.339. The molecule has 2 heterocycles. The number of unbranched alkanes of at least 4 members (excludes halogenated alkanes) is 1. The van der Waals surface area contributed by atoms with E-state index in [1.807, 2.05) is 0 Å². The highest BCUT2D eigenvalue weighted by molar-refractivity contribution is 7.97. The molecule has 0 aliphatic carbocycles. The molecule has 0 bridgehead atoms. The second-order valence-electron chi connectivity index (χ2n) is 36.0. The second kappa shape index (κ2) is 64.7. The van der Waals surface area contributed by atoms with Gasteiger partial charge in [0, 0.05) is 49.5 Å². The minimum atomic E-state index is -4.30. The molecule has 1 aliphatic rings. The van der Waals surface area contributed by atoms with Gasteiger partial charge in [0.15, 0.2) is 41.0 Å². The Kier molecular flexibility index (Phi) is 59.6. The molecule has 4 atom stereocenters. The van der Waals surface area contributed by atoms with Crippen molar-refractivity contribution >= 4 is 104 Å². The third-order valence-corrected chi connectivity index (χ3v) is 37.2. The van der Waals surface area contributed by atoms with Crippen molar-refractivity contribution < 1.29 is 82.9 Å². The SMILES string of the molecule is C.C.C.C.C.C.C.C.CC(C)(C)c1ccc([I+]c2ccc(C(C)(C)C)cc2)cc1.CCC(C)c1ccc(S(=O)(=O)[O-])cc1.CCC(C)c1ccc(S(=O)(=O)[O-])cc1.CCC(C)c1ccc(S(=O)(=O)[O-])cc1.CCC(C)c1ccc(S(=O)(=O)[O-])cc1.CCCCOc1ccc([S+]2CCCC2)c2ccccc12.OCCc1ccc(-[s+]2c3ccccc3c3ccccc32)cc1.c1ccc([S+](c2ccccc2)c2ccccc2)cc1. The van der Waals surface area contributed by atoms with E-state index < -0.39 is 40.5 Å². The van der Waals surface area contributed by atoms with Crippen molar-refractivity contribution in [3.63, 3.8) is 0 Å². The third-order valence-electron chi connectivity index (χ3n) is 24.0. The summed E-state index contributed by atoms with van der Waals surface area (Å²) in [5, 5.41) is 14.5. The number of aliphatic hydroxyl groups is 1. The summed E-state index contributed by atoms with van der Waals surface area (Å²) in [7, 11) is -16.8. The number of halogens is 1. The van der Waals surface area contributed by atoms with Crippen LogP contribution in [0.2, 0.25) is 0 Å². The molecule has 1 aromatic heterocycles. The first-order chi connectivity index (χ1) is 65.7. The van der Waals surface area contributed by atoms with Crippen LogP contribution in [0.25, 0.3) is 35.8 Å². The number of aliphatic hydroxyl groups excluding tert-OH is 1. The number of thiophene rings is 1. The first kappa shape index (κ1) is 134. The number of fused-ring (bicyclic) bond motifs is 4. The van der Waals surface area contributed by atoms with E-state index in [4.69, 9.17) is 9.84 Å². The molecule has 4 unspecified atom stereocenters. The molecule has 22 heteroatoms. The molecule has 16 rings (SSSR count). The second-order valence-corrected chi connectivity index (χ2v) is 50.8. The fourth-order valence-electron chi connectivity index (χ4n) is 14.9. The maximum Gasteiger partial charge on any atom is 0.357 e. The van der Waals surface area contributed by atoms with E-state index in [0.717, 1.165) is 73.1 Å². The Balaban J connectivity index is 0.000000834. The maximum absolute atomic E-state index is 10.6. The predicted molar refractivity (Wildman–Crippen MR) is 620 cm³/mol. The summed E-state index contributed by atoms with van der Waals surface area (Å²) < 4.78 is 139. The summed E-state index contributed by atoms with van der Waals surface area (Å²) in [5.74, 6) is 5.36. The van der Waals surface area contributed by atoms with Crippen molar-refractivity contribution in [2.45, 2.75) is 295 Å². The van der Waals surface area contributed by atoms with Crippen LogP contribution >= 0.6 is 10.5 Å². The summed E-state index contributed by atoms with van der Waals surface area (Å²) in [6.07, 6.45) is 9.78. The lowest BCUT2D eigenvalue weighted by molar-refractivity contribution is -0.597. The Hall–Kier alpha value is -9.61. The van der Waals surface area contributed by atoms with E-state index in [2.05, 4.69) is 353 Å². The van der Waals surface area contributed by atoms with E-state index in [1.54, 1.807) is 53.4 Å². The molecule has 15 aromatic rings. The summed E-state index contributed by atoms with van der Waals surface area (Å²) in [6, 6.07) is 114. The minimum absolute atomic E-state index is 0. The van der Waals surface area contributed by atoms with Crippen LogP contribution in [-0.4, -0.2) is 81.7 Å². The zero-order valence-electron chi connectivity index (χ0n) is 81.9. The van der Waals surface area contributed by atoms with Crippen LogP contribution in [0.1, 0.15) is 277 Å². The molecule has 1 aliphatic heterocycles. The Morgan fingerprint density at radius 3 is 0.918 bits per heavy atom. The zero-order valence-corrected chi connectivity index (χ0v) is 89.8. The molecule has 794 valence electrons. The molecule has 0 spiro atoms. The van der Waals surface area contributed by atoms with Crippen molar-refractivity contribution in [3.05, 3.63) is 392 Å². The number of hydrogen-bond acceptors (Lipinski definition) is 14. The molecule has 1 fully saturated rings. The number of ether oxygens (including phenoxy) is 1. The van der Waals surface area contributed by atoms with Gasteiger partial charge in [0.25, 0.3) is 0 Å². The van der Waals surface area contributed by atoms with Gasteiger partial charge in [-0.15, -0.1) is 0 Å². The van der Waals surface area contributed by atoms with Crippen LogP contribution in [0, 0.1) is 7.14 Å². The van der Waals surface area contributed by atoms with Crippen molar-refractivity contribution in [2.75, 3.05) is 24.7 Å². The lowest BCUT2D eigenvalue weighted by Gasteiger charge is -2.18. The van der Waals surface area contributed by atoms with E-state index in [9.17, 15) is 51.9 Å². The van der Waals surface area contributed by atoms with Gasteiger partial charge in [0.05, 0.1) is 37.1 Å². The number of hydrogen-bond donors (Lipinski definition) is 1. The van der Waals surface area contributed by atoms with Crippen molar-refractivity contribution in [1.82, 2.24) is 0 Å². The van der Waals surface area contributed by atoms with Crippen LogP contribution in [0.15, 0.2) is 385 Å². The van der Waals surface area contributed by atoms with E-state index >= 15 is 0 Å². The van der Waals surface area contributed by atoms with Crippen LogP contribution in [0.4, 0.5) is 0 Å². The molecule has 0 amide bonds. The van der Waals surface area contributed by atoms with Gasteiger partial charge in [-0.1, -0.05) is 352 Å². The Labute approximate surface area is 900 Å². The first-order valence-electron chi connectivity index (χ1n) is 47.1. The highest BCUT2D eigenvalue weighted by atomic mass is 127. The standard InChI is InChI=1S/C20H26I.C20H17OS.C18H23OS.C18H15S.4C10H14O3S.8CH4/c1-19(2,3)15-7-11-17(12-8-15)21-18-13-9-16(10-14-18)20(4,5)6;21-14-13-15-9-11-16(12-10-15)22-19-7-3-1-5-17(19)18-6-2-4-8-20(18)22;1-2-3-12-19-17-10-11-18(20-13-6-7-14-20)16-9-5-4-8-15(16)17;1-4-10-16(11-5-1)19(17-12-6-2-7-13-17)18-14-8-3-9-15-18;4*1-3-8(2)9-4-6-10(7-5-9)14(11,12)13;;;;;;;;/h7-14H,1-6H3;1-12,21H,13-14H2;4-5,8-11H,2-3,6-7,12-14H2,1H3;1-15H;4*4-8H,3H2,1-2H3,(H,11,12,13);8*1H4/q4*+1;;;;;;;;;;;;/p-4. The zero-order chi connectivity index (χ0) is 100. The largest absolute Gasteiger partial charge is 0.744 e. The average molecular weight is 2230 g/mol. The molecule has 1 N–H and O–H groups in total. The maximum atomic E-state index is 10.6. The van der Waals surface area contributed by atoms with E-state index in [1.165, 1.54) is 154 Å². The monoisotopic (exact) mass is 2230 g/mol. The van der Waals surface area contributed by atoms with Gasteiger partial charge in [-0.2, -0.15) is 0 Å². The molecular weight excluding hydrogens is 2060 g/mol. The van der Waals surface area contributed by atoms with Gasteiger partial charge in [-0.05, 0) is 289 Å². The Morgan fingerprint density at radius 2 is 0.637 bits per heavy atom. The average Bonchev–Trinajstić information content (AvgIpc) is 1.59. The molecule has 0 radical (unpaired) electrons. The summed E-state index contributed by atoms with van der Waals surface area (Å²) in [5.41, 5.74) is 8.73. The lowest BCUT2D eigenvalue weighted by Crippen LogP contribution is -3.61. The highest BCUT2D eigenvalue weighted by Gasteiger charge is 2.31. The quantitative estimate of drug-likeness (QED) is 0.0242. The summed E-state index contributed by atoms with van der Waals surface area (Å²) in [4.78, 5) is 6.34. The molecule has 146 heavy (non-hydrogen) atoms. The van der Waals surface area contributed by atoms with Crippen LogP contribution < -0.4 is 25.9 Å². The highest BCUT2D eigenvalue weighted by Crippen LogP contribution is 2.48. The van der Waals surface area contributed by atoms with Crippen LogP contribution in [0.5, 0.6) is 5.75 Å². The van der Waals surface area contributed by atoms with Gasteiger partial charge in [-0.3, -0.25) is 0 Å². The smallest absolute Gasteiger partial charge is 0.357 e. The summed E-state index contributed by atoms with van der Waals surface area (Å²) in [6.45, 7) is 33.3. The van der Waals surface area contributed by atoms with Gasteiger partial charge >= 0.3 is 21.2 Å². The Bertz CT molecular complexity index is 6190. The van der Waals surface area contributed by atoms with Crippen molar-refractivity contribution in [1.29, 1.82) is 0 Å². The van der Waals surface area contributed by atoms with Crippen molar-refractivity contribution in [3.8, 4) is 10.6 Å². The minimum Gasteiger partial charge on any atom is -0.744 e. The normalized spacial score (nSPS) is 12.4. The lowest BCUT2D eigenvalue weighted by atomic mass is 9.87. The van der Waals surface area contributed by atoms with Crippen LogP contribution in [-0.2, 0) is 79.5 Å². The third kappa shape index (κ3) is 41.0. The molecule has 0 saturated carbocycles. The Morgan fingerprint density at radius 1 is 0.349 bits per heavy atom. The van der Waals surface area contributed by atoms with Gasteiger partial charge in [-0.25, -0.2) is 33.7 Å². The topological polar surface area (TPSA) is 258 Å². The predicted octanol–water partition coefficient (Wildman–Crippen LogP) is 30.8. The molecule has 1 saturated heterocycles. The molecule has 14 aromatic carbocycles. The first-order valence-corrected chi connectivity index (χ1v) is 58.9. The summed E-state index contributed by atoms with van der Waals surface area (Å²) >= 11 is -0.0703. The number of rotatable bonds is 25. The van der Waals surface area contributed by atoms with Crippen molar-refractivity contribution in [2.24, 2.45) is 0 Å².